The first-order valence-corrected chi connectivity index (χ1v) is 7.90. The third-order valence-corrected chi connectivity index (χ3v) is 4.36. The van der Waals surface area contributed by atoms with Gasteiger partial charge < -0.3 is 9.80 Å². The van der Waals surface area contributed by atoms with Gasteiger partial charge in [0, 0.05) is 38.8 Å². The van der Waals surface area contributed by atoms with Gasteiger partial charge in [-0.05, 0) is 30.9 Å². The van der Waals surface area contributed by atoms with E-state index < -0.39 is 0 Å². The molecule has 1 aromatic heterocycles. The lowest BCUT2D eigenvalue weighted by atomic mass is 10.0. The van der Waals surface area contributed by atoms with Crippen LogP contribution in [0.5, 0.6) is 0 Å². The van der Waals surface area contributed by atoms with Gasteiger partial charge in [-0.1, -0.05) is 20.3 Å². The first-order valence-electron chi connectivity index (χ1n) is 7.90. The van der Waals surface area contributed by atoms with Gasteiger partial charge in [0.2, 0.25) is 5.91 Å². The standard InChI is InChI=1S/C16H26N4O/c1-4-13(2)11-16(21)19(3)12-14-7-6-10-20(14)15-8-5-9-17-18-15/h5,8-9,13-14H,4,6-7,10-12H2,1-3H3/t13-,14-/m0/s1. The number of hydrogen-bond donors (Lipinski definition) is 0. The molecule has 1 aliphatic heterocycles. The Balaban J connectivity index is 1.93. The predicted octanol–water partition coefficient (Wildman–Crippen LogP) is 2.34. The van der Waals surface area contributed by atoms with E-state index in [9.17, 15) is 4.79 Å². The van der Waals surface area contributed by atoms with Crippen LogP contribution in [0.3, 0.4) is 0 Å². The van der Waals surface area contributed by atoms with Crippen molar-refractivity contribution in [2.75, 3.05) is 25.0 Å². The molecule has 0 aliphatic carbocycles. The first-order chi connectivity index (χ1) is 10.1. The van der Waals surface area contributed by atoms with Crippen molar-refractivity contribution >= 4 is 11.7 Å². The number of likely N-dealkylation sites (N-methyl/N-ethyl adjacent to an activating group) is 1. The van der Waals surface area contributed by atoms with E-state index in [-0.39, 0.29) is 5.91 Å². The molecule has 1 amide bonds. The van der Waals surface area contributed by atoms with Crippen molar-refractivity contribution in [3.63, 3.8) is 0 Å². The van der Waals surface area contributed by atoms with Crippen molar-refractivity contribution in [2.45, 2.75) is 45.6 Å². The molecule has 1 aromatic rings. The van der Waals surface area contributed by atoms with Gasteiger partial charge in [-0.25, -0.2) is 0 Å². The second-order valence-electron chi connectivity index (χ2n) is 6.06. The minimum absolute atomic E-state index is 0.246. The van der Waals surface area contributed by atoms with Gasteiger partial charge in [0.1, 0.15) is 0 Å². The number of hydrogen-bond acceptors (Lipinski definition) is 4. The molecule has 2 rings (SSSR count). The lowest BCUT2D eigenvalue weighted by Gasteiger charge is -2.29. The van der Waals surface area contributed by atoms with Gasteiger partial charge in [0.25, 0.3) is 0 Å². The van der Waals surface area contributed by atoms with Crippen LogP contribution in [0.15, 0.2) is 18.3 Å². The van der Waals surface area contributed by atoms with Crippen molar-refractivity contribution < 1.29 is 4.79 Å². The summed E-state index contributed by atoms with van der Waals surface area (Å²) in [5.41, 5.74) is 0. The molecule has 5 nitrogen and oxygen atoms in total. The lowest BCUT2D eigenvalue weighted by Crippen LogP contribution is -2.42. The molecule has 1 saturated heterocycles. The van der Waals surface area contributed by atoms with Gasteiger partial charge in [0.05, 0.1) is 0 Å². The number of rotatable bonds is 6. The largest absolute Gasteiger partial charge is 0.350 e. The smallest absolute Gasteiger partial charge is 0.222 e. The maximum Gasteiger partial charge on any atom is 0.222 e. The Labute approximate surface area is 127 Å². The molecule has 0 radical (unpaired) electrons. The first kappa shape index (κ1) is 15.7. The topological polar surface area (TPSA) is 49.3 Å². The summed E-state index contributed by atoms with van der Waals surface area (Å²) in [6.45, 7) is 6.03. The number of carbonyl (C=O) groups excluding carboxylic acids is 1. The minimum atomic E-state index is 0.246. The van der Waals surface area contributed by atoms with Crippen molar-refractivity contribution in [3.05, 3.63) is 18.3 Å². The molecule has 1 fully saturated rings. The zero-order valence-corrected chi connectivity index (χ0v) is 13.3. The monoisotopic (exact) mass is 290 g/mol. The van der Waals surface area contributed by atoms with E-state index in [0.29, 0.717) is 18.4 Å². The van der Waals surface area contributed by atoms with Crippen LogP contribution < -0.4 is 4.90 Å². The summed E-state index contributed by atoms with van der Waals surface area (Å²) in [5.74, 6) is 1.62. The molecule has 0 unspecified atom stereocenters. The van der Waals surface area contributed by atoms with Crippen LogP contribution in [-0.2, 0) is 4.79 Å². The van der Waals surface area contributed by atoms with Gasteiger partial charge in [-0.15, -0.1) is 5.10 Å². The molecule has 5 heteroatoms. The summed E-state index contributed by atoms with van der Waals surface area (Å²) in [5, 5.41) is 8.15. The Morgan fingerprint density at radius 3 is 3.05 bits per heavy atom. The van der Waals surface area contributed by atoms with Crippen molar-refractivity contribution in [1.29, 1.82) is 0 Å². The fourth-order valence-corrected chi connectivity index (χ4v) is 2.79. The fraction of sp³-hybridized carbons (Fsp3) is 0.688. The quantitative estimate of drug-likeness (QED) is 0.807. The van der Waals surface area contributed by atoms with Crippen LogP contribution in [0.25, 0.3) is 0 Å². The minimum Gasteiger partial charge on any atom is -0.350 e. The summed E-state index contributed by atoms with van der Waals surface area (Å²) < 4.78 is 0. The SMILES string of the molecule is CC[C@H](C)CC(=O)N(C)C[C@@H]1CCCN1c1cccnn1. The average molecular weight is 290 g/mol. The molecule has 0 spiro atoms. The van der Waals surface area contributed by atoms with Crippen LogP contribution >= 0.6 is 0 Å². The number of amides is 1. The molecular formula is C16H26N4O. The summed E-state index contributed by atoms with van der Waals surface area (Å²) in [4.78, 5) is 16.4. The molecule has 1 aliphatic rings. The van der Waals surface area contributed by atoms with Gasteiger partial charge in [-0.2, -0.15) is 5.10 Å². The molecule has 0 aromatic carbocycles. The molecular weight excluding hydrogens is 264 g/mol. The van der Waals surface area contributed by atoms with Gasteiger partial charge in [0.15, 0.2) is 5.82 Å². The second-order valence-corrected chi connectivity index (χ2v) is 6.06. The second kappa shape index (κ2) is 7.38. The van der Waals surface area contributed by atoms with E-state index in [0.717, 1.165) is 38.2 Å². The predicted molar refractivity (Wildman–Crippen MR) is 84.1 cm³/mol. The summed E-state index contributed by atoms with van der Waals surface area (Å²) in [6.07, 6.45) is 5.64. The van der Waals surface area contributed by atoms with E-state index in [2.05, 4.69) is 28.9 Å². The van der Waals surface area contributed by atoms with Gasteiger partial charge >= 0.3 is 0 Å². The number of aromatic nitrogens is 2. The highest BCUT2D eigenvalue weighted by Gasteiger charge is 2.28. The lowest BCUT2D eigenvalue weighted by molar-refractivity contribution is -0.131. The average Bonchev–Trinajstić information content (AvgIpc) is 2.96. The Morgan fingerprint density at radius 1 is 1.57 bits per heavy atom. The van der Waals surface area contributed by atoms with Crippen LogP contribution in [-0.4, -0.2) is 47.2 Å². The number of nitrogens with zero attached hydrogens (tertiary/aromatic N) is 4. The molecule has 0 N–H and O–H groups in total. The fourth-order valence-electron chi connectivity index (χ4n) is 2.79. The van der Waals surface area contributed by atoms with Crippen molar-refractivity contribution in [3.8, 4) is 0 Å². The summed E-state index contributed by atoms with van der Waals surface area (Å²) >= 11 is 0. The van der Waals surface area contributed by atoms with Crippen LogP contribution in [0, 0.1) is 5.92 Å². The molecule has 116 valence electrons. The third kappa shape index (κ3) is 4.16. The maximum absolute atomic E-state index is 12.2. The Hall–Kier alpha value is -1.65. The number of anilines is 1. The highest BCUT2D eigenvalue weighted by atomic mass is 16.2. The van der Waals surface area contributed by atoms with Crippen molar-refractivity contribution in [2.24, 2.45) is 5.92 Å². The summed E-state index contributed by atoms with van der Waals surface area (Å²) in [6, 6.07) is 4.26. The van der Waals surface area contributed by atoms with E-state index >= 15 is 0 Å². The van der Waals surface area contributed by atoms with Gasteiger partial charge in [-0.3, -0.25) is 4.79 Å². The van der Waals surface area contributed by atoms with Crippen LogP contribution in [0.2, 0.25) is 0 Å². The van der Waals surface area contributed by atoms with E-state index in [1.165, 1.54) is 0 Å². The van der Waals surface area contributed by atoms with E-state index in [4.69, 9.17) is 0 Å². The highest BCUT2D eigenvalue weighted by Crippen LogP contribution is 2.23. The molecule has 0 saturated carbocycles. The Bertz CT molecular complexity index is 451. The van der Waals surface area contributed by atoms with Crippen molar-refractivity contribution in [1.82, 2.24) is 15.1 Å². The van der Waals surface area contributed by atoms with E-state index in [1.54, 1.807) is 6.20 Å². The summed E-state index contributed by atoms with van der Waals surface area (Å²) in [7, 11) is 1.91. The molecule has 0 bridgehead atoms. The third-order valence-electron chi connectivity index (χ3n) is 4.36. The Morgan fingerprint density at radius 2 is 2.38 bits per heavy atom. The Kier molecular flexibility index (Phi) is 5.53. The van der Waals surface area contributed by atoms with Crippen LogP contribution in [0.4, 0.5) is 5.82 Å². The molecule has 2 atom stereocenters. The van der Waals surface area contributed by atoms with E-state index in [1.807, 2.05) is 24.1 Å². The highest BCUT2D eigenvalue weighted by molar-refractivity contribution is 5.76. The molecule has 2 heterocycles. The zero-order valence-electron chi connectivity index (χ0n) is 13.3. The maximum atomic E-state index is 12.2. The normalized spacial score (nSPS) is 19.6. The number of carbonyl (C=O) groups is 1. The zero-order chi connectivity index (χ0) is 15.2. The molecule has 21 heavy (non-hydrogen) atoms. The van der Waals surface area contributed by atoms with Crippen LogP contribution in [0.1, 0.15) is 39.5 Å².